The Morgan fingerprint density at radius 3 is 1.62 bits per heavy atom. The second-order valence-electron chi connectivity index (χ2n) is 6.14. The van der Waals surface area contributed by atoms with Gasteiger partial charge in [0.2, 0.25) is 9.84 Å². The molecule has 1 atom stereocenters. The number of alkyl halides is 7. The zero-order valence-electron chi connectivity index (χ0n) is 13.5. The van der Waals surface area contributed by atoms with Gasteiger partial charge in [-0.25, -0.2) is 17.6 Å². The van der Waals surface area contributed by atoms with Gasteiger partial charge in [0.15, 0.2) is 0 Å². The minimum absolute atomic E-state index is 0.179. The highest BCUT2D eigenvalue weighted by molar-refractivity contribution is 7.92. The Bertz CT molecular complexity index is 757. The Morgan fingerprint density at radius 1 is 0.923 bits per heavy atom. The van der Waals surface area contributed by atoms with E-state index < -0.39 is 55.3 Å². The molecule has 0 bridgehead atoms. The summed E-state index contributed by atoms with van der Waals surface area (Å²) in [6.45, 7) is 3.78. The Hall–Kier alpha value is -1.85. The van der Waals surface area contributed by atoms with Crippen molar-refractivity contribution in [1.29, 1.82) is 0 Å². The standard InChI is InChI=1S/C14H13F7O4S/c1-12(2,3)25-11(22)10(15)26(23,24)9-5-7(13(16,17)18)4-8(6-9)14(19,20)21/h4-6,10H,1-3H3. The summed E-state index contributed by atoms with van der Waals surface area (Å²) in [5.41, 5.74) is -8.74. The number of carbonyl (C=O) groups is 1. The maximum absolute atomic E-state index is 14.0. The molecule has 1 aromatic rings. The van der Waals surface area contributed by atoms with Gasteiger partial charge in [0.25, 0.3) is 0 Å². The van der Waals surface area contributed by atoms with Crippen molar-refractivity contribution in [3.63, 3.8) is 0 Å². The quantitative estimate of drug-likeness (QED) is 0.555. The van der Waals surface area contributed by atoms with Gasteiger partial charge in [-0.1, -0.05) is 0 Å². The van der Waals surface area contributed by atoms with Gasteiger partial charge in [-0.05, 0) is 39.0 Å². The fourth-order valence-corrected chi connectivity index (χ4v) is 2.81. The normalized spacial score (nSPS) is 14.8. The maximum Gasteiger partial charge on any atom is 0.416 e. The Morgan fingerprint density at radius 2 is 1.31 bits per heavy atom. The van der Waals surface area contributed by atoms with E-state index in [2.05, 4.69) is 4.74 Å². The van der Waals surface area contributed by atoms with Crippen LogP contribution < -0.4 is 0 Å². The summed E-state index contributed by atoms with van der Waals surface area (Å²) < 4.78 is 119. The van der Waals surface area contributed by atoms with E-state index in [1.165, 1.54) is 20.8 Å². The summed E-state index contributed by atoms with van der Waals surface area (Å²) in [6.07, 6.45) is -10.7. The van der Waals surface area contributed by atoms with Crippen molar-refractivity contribution >= 4 is 15.8 Å². The van der Waals surface area contributed by atoms with Gasteiger partial charge in [0, 0.05) is 0 Å². The lowest BCUT2D eigenvalue weighted by atomic mass is 10.1. The highest BCUT2D eigenvalue weighted by atomic mass is 32.2. The molecule has 0 saturated carbocycles. The first-order valence-electron chi connectivity index (χ1n) is 6.76. The number of esters is 1. The molecule has 0 spiro atoms. The van der Waals surface area contributed by atoms with Crippen LogP contribution in [0.15, 0.2) is 23.1 Å². The third kappa shape index (κ3) is 5.32. The minimum atomic E-state index is -5.52. The van der Waals surface area contributed by atoms with Crippen LogP contribution in [0.3, 0.4) is 0 Å². The molecule has 148 valence electrons. The molecule has 0 aliphatic rings. The third-order valence-corrected chi connectivity index (χ3v) is 4.38. The van der Waals surface area contributed by atoms with Gasteiger partial charge >= 0.3 is 23.8 Å². The Balaban J connectivity index is 3.50. The first kappa shape index (κ1) is 22.2. The van der Waals surface area contributed by atoms with Gasteiger partial charge < -0.3 is 4.74 Å². The summed E-state index contributed by atoms with van der Waals surface area (Å²) in [4.78, 5) is 9.88. The van der Waals surface area contributed by atoms with Crippen molar-refractivity contribution in [2.24, 2.45) is 0 Å². The van der Waals surface area contributed by atoms with Gasteiger partial charge in [-0.15, -0.1) is 0 Å². The van der Waals surface area contributed by atoms with Crippen LogP contribution in [0.2, 0.25) is 0 Å². The number of halogens is 7. The Kier molecular flexibility index (Phi) is 5.72. The number of carbonyl (C=O) groups excluding carboxylic acids is 1. The number of hydrogen-bond acceptors (Lipinski definition) is 4. The van der Waals surface area contributed by atoms with Crippen LogP contribution in [-0.2, 0) is 31.7 Å². The SMILES string of the molecule is CC(C)(C)OC(=O)C(F)S(=O)(=O)c1cc(C(F)(F)F)cc(C(F)(F)F)c1. The molecule has 26 heavy (non-hydrogen) atoms. The van der Waals surface area contributed by atoms with E-state index >= 15 is 0 Å². The largest absolute Gasteiger partial charge is 0.457 e. The minimum Gasteiger partial charge on any atom is -0.457 e. The van der Waals surface area contributed by atoms with Crippen LogP contribution in [0.5, 0.6) is 0 Å². The summed E-state index contributed by atoms with van der Waals surface area (Å²) in [5, 5.41) is 0. The molecule has 4 nitrogen and oxygen atoms in total. The van der Waals surface area contributed by atoms with Crippen molar-refractivity contribution in [1.82, 2.24) is 0 Å². The molecular formula is C14H13F7O4S. The number of rotatable bonds is 3. The molecule has 0 heterocycles. The number of sulfone groups is 1. The summed E-state index contributed by atoms with van der Waals surface area (Å²) in [7, 11) is -5.52. The molecule has 12 heteroatoms. The zero-order valence-corrected chi connectivity index (χ0v) is 14.3. The van der Waals surface area contributed by atoms with E-state index in [1.54, 1.807) is 0 Å². The molecule has 0 aliphatic heterocycles. The van der Waals surface area contributed by atoms with Crippen LogP contribution in [0.4, 0.5) is 30.7 Å². The summed E-state index contributed by atoms with van der Waals surface area (Å²) >= 11 is 0. The fraction of sp³-hybridized carbons (Fsp3) is 0.500. The van der Waals surface area contributed by atoms with E-state index in [0.717, 1.165) is 0 Å². The zero-order chi connectivity index (χ0) is 20.7. The molecular weight excluding hydrogens is 397 g/mol. The lowest BCUT2D eigenvalue weighted by Crippen LogP contribution is -2.34. The predicted octanol–water partition coefficient (Wildman–Crippen LogP) is 4.14. The van der Waals surface area contributed by atoms with Gasteiger partial charge in [-0.3, -0.25) is 0 Å². The second kappa shape index (κ2) is 6.71. The van der Waals surface area contributed by atoms with Gasteiger partial charge in [-0.2, -0.15) is 26.3 Å². The van der Waals surface area contributed by atoms with Gasteiger partial charge in [0.05, 0.1) is 16.0 Å². The van der Waals surface area contributed by atoms with E-state index in [4.69, 9.17) is 0 Å². The highest BCUT2D eigenvalue weighted by Crippen LogP contribution is 2.38. The maximum atomic E-state index is 14.0. The molecule has 0 radical (unpaired) electrons. The smallest absolute Gasteiger partial charge is 0.416 e. The second-order valence-corrected chi connectivity index (χ2v) is 8.11. The molecule has 0 N–H and O–H groups in total. The van der Waals surface area contributed by atoms with E-state index in [1.807, 2.05) is 0 Å². The molecule has 0 amide bonds. The topological polar surface area (TPSA) is 60.4 Å². The summed E-state index contributed by atoms with van der Waals surface area (Å²) in [6, 6.07) is -0.678. The van der Waals surface area contributed by atoms with Crippen LogP contribution >= 0.6 is 0 Å². The molecule has 0 saturated heterocycles. The lowest BCUT2D eigenvalue weighted by molar-refractivity contribution is -0.157. The fourth-order valence-electron chi connectivity index (χ4n) is 1.68. The molecule has 1 rings (SSSR count). The van der Waals surface area contributed by atoms with Crippen LogP contribution in [0.1, 0.15) is 31.9 Å². The Labute approximate surface area is 143 Å². The van der Waals surface area contributed by atoms with Crippen LogP contribution in [-0.4, -0.2) is 25.5 Å². The van der Waals surface area contributed by atoms with Crippen molar-refractivity contribution in [2.45, 2.75) is 49.1 Å². The van der Waals surface area contributed by atoms with Crippen LogP contribution in [0, 0.1) is 0 Å². The van der Waals surface area contributed by atoms with Crippen molar-refractivity contribution in [2.75, 3.05) is 0 Å². The first-order valence-corrected chi connectivity index (χ1v) is 8.30. The van der Waals surface area contributed by atoms with E-state index in [-0.39, 0.29) is 18.2 Å². The molecule has 1 aromatic carbocycles. The van der Waals surface area contributed by atoms with Crippen molar-refractivity contribution in [3.8, 4) is 0 Å². The average Bonchev–Trinajstić information content (AvgIpc) is 2.42. The predicted molar refractivity (Wildman–Crippen MR) is 74.4 cm³/mol. The summed E-state index contributed by atoms with van der Waals surface area (Å²) in [5.74, 6) is -1.96. The molecule has 0 aromatic heterocycles. The first-order chi connectivity index (χ1) is 11.4. The third-order valence-electron chi connectivity index (χ3n) is 2.75. The average molecular weight is 410 g/mol. The van der Waals surface area contributed by atoms with E-state index in [0.29, 0.717) is 0 Å². The van der Waals surface area contributed by atoms with Crippen LogP contribution in [0.25, 0.3) is 0 Å². The lowest BCUT2D eigenvalue weighted by Gasteiger charge is -2.21. The molecule has 1 unspecified atom stereocenters. The van der Waals surface area contributed by atoms with Crippen molar-refractivity contribution in [3.05, 3.63) is 29.3 Å². The monoisotopic (exact) mass is 410 g/mol. The molecule has 0 aliphatic carbocycles. The van der Waals surface area contributed by atoms with E-state index in [9.17, 15) is 43.9 Å². The molecule has 0 fully saturated rings. The number of benzene rings is 1. The van der Waals surface area contributed by atoms with Gasteiger partial charge in [0.1, 0.15) is 5.60 Å². The number of ether oxygens (including phenoxy) is 1. The highest BCUT2D eigenvalue weighted by Gasteiger charge is 2.42. The van der Waals surface area contributed by atoms with Crippen molar-refractivity contribution < 1.29 is 48.7 Å². The number of hydrogen-bond donors (Lipinski definition) is 0.